The molecular formula is C19H35NO2. The molecule has 0 aromatic rings. The summed E-state index contributed by atoms with van der Waals surface area (Å²) in [5.41, 5.74) is 6.94. The zero-order chi connectivity index (χ0) is 16.0. The van der Waals surface area contributed by atoms with Crippen LogP contribution in [0, 0.1) is 34.5 Å². The first kappa shape index (κ1) is 16.7. The number of aliphatic hydroxyl groups excluding tert-OH is 2. The van der Waals surface area contributed by atoms with Gasteiger partial charge < -0.3 is 15.9 Å². The lowest BCUT2D eigenvalue weighted by atomic mass is 9.49. The van der Waals surface area contributed by atoms with E-state index in [1.165, 1.54) is 32.1 Å². The van der Waals surface area contributed by atoms with Crippen molar-refractivity contribution in [1.29, 1.82) is 0 Å². The second-order valence-electron chi connectivity index (χ2n) is 9.01. The molecule has 3 rings (SSSR count). The van der Waals surface area contributed by atoms with Crippen LogP contribution in [0.4, 0.5) is 0 Å². The van der Waals surface area contributed by atoms with Gasteiger partial charge in [-0.1, -0.05) is 20.3 Å². The highest BCUT2D eigenvalue weighted by molar-refractivity contribution is 5.04. The maximum atomic E-state index is 10.0. The smallest absolute Gasteiger partial charge is 0.0544 e. The molecule has 3 heteroatoms. The summed E-state index contributed by atoms with van der Waals surface area (Å²) in [7, 11) is 0. The van der Waals surface area contributed by atoms with Gasteiger partial charge in [-0.3, -0.25) is 0 Å². The van der Waals surface area contributed by atoms with Crippen LogP contribution in [-0.4, -0.2) is 29.5 Å². The van der Waals surface area contributed by atoms with Gasteiger partial charge in [0.1, 0.15) is 0 Å². The van der Waals surface area contributed by atoms with E-state index in [0.29, 0.717) is 17.3 Å². The summed E-state index contributed by atoms with van der Waals surface area (Å²) in [5, 5.41) is 19.9. The fourth-order valence-corrected chi connectivity index (χ4v) is 6.60. The Morgan fingerprint density at radius 1 is 1.05 bits per heavy atom. The first-order valence-electron chi connectivity index (χ1n) is 9.43. The van der Waals surface area contributed by atoms with Crippen LogP contribution in [-0.2, 0) is 0 Å². The van der Waals surface area contributed by atoms with Crippen molar-refractivity contribution in [2.45, 2.75) is 71.3 Å². The molecule has 0 heterocycles. The highest BCUT2D eigenvalue weighted by atomic mass is 16.3. The first-order valence-corrected chi connectivity index (χ1v) is 9.43. The molecule has 3 nitrogen and oxygen atoms in total. The quantitative estimate of drug-likeness (QED) is 0.751. The summed E-state index contributed by atoms with van der Waals surface area (Å²) >= 11 is 0. The van der Waals surface area contributed by atoms with Crippen LogP contribution in [0.3, 0.4) is 0 Å². The van der Waals surface area contributed by atoms with E-state index < -0.39 is 0 Å². The Bertz CT molecular complexity index is 401. The van der Waals surface area contributed by atoms with Gasteiger partial charge in [-0.2, -0.15) is 0 Å². The molecule has 0 bridgehead atoms. The predicted octanol–water partition coefficient (Wildman–Crippen LogP) is 2.94. The van der Waals surface area contributed by atoms with E-state index in [1.807, 2.05) is 0 Å². The van der Waals surface area contributed by atoms with E-state index >= 15 is 0 Å². The second-order valence-corrected chi connectivity index (χ2v) is 9.01. The zero-order valence-electron chi connectivity index (χ0n) is 14.4. The van der Waals surface area contributed by atoms with E-state index in [-0.39, 0.29) is 24.0 Å². The molecular weight excluding hydrogens is 274 g/mol. The summed E-state index contributed by atoms with van der Waals surface area (Å²) in [6.45, 7) is 5.87. The Hall–Kier alpha value is -0.120. The van der Waals surface area contributed by atoms with Crippen molar-refractivity contribution in [3.63, 3.8) is 0 Å². The van der Waals surface area contributed by atoms with Crippen LogP contribution in [0.5, 0.6) is 0 Å². The normalized spacial score (nSPS) is 52.5. The Kier molecular flexibility index (Phi) is 4.61. The van der Waals surface area contributed by atoms with Gasteiger partial charge in [0, 0.05) is 6.61 Å². The summed E-state index contributed by atoms with van der Waals surface area (Å²) in [6.07, 6.45) is 9.16. The average molecular weight is 309 g/mol. The third-order valence-corrected chi connectivity index (χ3v) is 8.06. The fourth-order valence-electron chi connectivity index (χ4n) is 6.60. The molecule has 0 saturated heterocycles. The van der Waals surface area contributed by atoms with Crippen molar-refractivity contribution in [2.24, 2.45) is 40.2 Å². The van der Waals surface area contributed by atoms with Crippen LogP contribution < -0.4 is 5.73 Å². The third kappa shape index (κ3) is 2.53. The Morgan fingerprint density at radius 3 is 2.50 bits per heavy atom. The molecule has 3 aliphatic rings. The topological polar surface area (TPSA) is 66.5 Å². The van der Waals surface area contributed by atoms with Gasteiger partial charge in [-0.25, -0.2) is 0 Å². The largest absolute Gasteiger partial charge is 0.396 e. The number of hydrogen-bond acceptors (Lipinski definition) is 3. The number of rotatable bonds is 3. The molecule has 0 amide bonds. The highest BCUT2D eigenvalue weighted by Crippen LogP contribution is 2.61. The molecule has 3 fully saturated rings. The maximum Gasteiger partial charge on any atom is 0.0544 e. The van der Waals surface area contributed by atoms with Crippen LogP contribution >= 0.6 is 0 Å². The first-order chi connectivity index (χ1) is 10.4. The SMILES string of the molecule is C[C@@]12CCC[C@H]1[C@H](CN)[C@@H]([C@@]1(C)CC[C@H](O)C[C@@H]1CO)CC2. The molecule has 0 aromatic heterocycles. The predicted molar refractivity (Wildman–Crippen MR) is 89.3 cm³/mol. The third-order valence-electron chi connectivity index (χ3n) is 8.06. The van der Waals surface area contributed by atoms with E-state index in [0.717, 1.165) is 31.7 Å². The van der Waals surface area contributed by atoms with E-state index in [9.17, 15) is 10.2 Å². The Labute approximate surface area is 135 Å². The van der Waals surface area contributed by atoms with Gasteiger partial charge in [0.05, 0.1) is 6.10 Å². The van der Waals surface area contributed by atoms with Crippen LogP contribution in [0.15, 0.2) is 0 Å². The molecule has 0 radical (unpaired) electrons. The minimum Gasteiger partial charge on any atom is -0.396 e. The van der Waals surface area contributed by atoms with Gasteiger partial charge in [-0.05, 0) is 86.0 Å². The number of hydrogen-bond donors (Lipinski definition) is 3. The van der Waals surface area contributed by atoms with Crippen LogP contribution in [0.2, 0.25) is 0 Å². The highest BCUT2D eigenvalue weighted by Gasteiger charge is 2.55. The number of aliphatic hydroxyl groups is 2. The molecule has 22 heavy (non-hydrogen) atoms. The molecule has 3 saturated carbocycles. The monoisotopic (exact) mass is 309 g/mol. The fraction of sp³-hybridized carbons (Fsp3) is 1.00. The summed E-state index contributed by atoms with van der Waals surface area (Å²) < 4.78 is 0. The van der Waals surface area contributed by atoms with E-state index in [4.69, 9.17) is 5.73 Å². The van der Waals surface area contributed by atoms with Gasteiger partial charge in [0.15, 0.2) is 0 Å². The van der Waals surface area contributed by atoms with Crippen LogP contribution in [0.1, 0.15) is 65.2 Å². The van der Waals surface area contributed by atoms with Crippen LogP contribution in [0.25, 0.3) is 0 Å². The summed E-state index contributed by atoms with van der Waals surface area (Å²) in [5.74, 6) is 2.24. The lowest BCUT2D eigenvalue weighted by molar-refractivity contribution is -0.0956. The average Bonchev–Trinajstić information content (AvgIpc) is 2.90. The van der Waals surface area contributed by atoms with Crippen molar-refractivity contribution < 1.29 is 10.2 Å². The molecule has 128 valence electrons. The molecule has 0 unspecified atom stereocenters. The minimum absolute atomic E-state index is 0.155. The molecule has 3 aliphatic carbocycles. The van der Waals surface area contributed by atoms with Crippen molar-refractivity contribution in [3.05, 3.63) is 0 Å². The van der Waals surface area contributed by atoms with Gasteiger partial charge in [0.2, 0.25) is 0 Å². The lowest BCUT2D eigenvalue weighted by Crippen LogP contribution is -2.52. The maximum absolute atomic E-state index is 10.0. The standard InChI is InChI=1S/C19H35NO2/c1-18-7-3-4-16(18)15(11-20)17(6-8-18)19(2)9-5-14(22)10-13(19)12-21/h13-17,21-22H,3-12,20H2,1-2H3/t13-,14+,15+,16+,17+,18+,19+/m1/s1. The molecule has 0 aliphatic heterocycles. The molecule has 4 N–H and O–H groups in total. The Balaban J connectivity index is 1.86. The van der Waals surface area contributed by atoms with E-state index in [1.54, 1.807) is 0 Å². The summed E-state index contributed by atoms with van der Waals surface area (Å²) in [4.78, 5) is 0. The molecule has 7 atom stereocenters. The van der Waals surface area contributed by atoms with Crippen molar-refractivity contribution in [3.8, 4) is 0 Å². The number of nitrogens with two attached hydrogens (primary N) is 1. The second kappa shape index (κ2) is 6.07. The van der Waals surface area contributed by atoms with Gasteiger partial charge in [0.25, 0.3) is 0 Å². The number of fused-ring (bicyclic) bond motifs is 1. The van der Waals surface area contributed by atoms with Crippen molar-refractivity contribution >= 4 is 0 Å². The minimum atomic E-state index is -0.220. The lowest BCUT2D eigenvalue weighted by Gasteiger charge is -2.56. The van der Waals surface area contributed by atoms with Gasteiger partial charge in [-0.15, -0.1) is 0 Å². The molecule has 0 aromatic carbocycles. The zero-order valence-corrected chi connectivity index (χ0v) is 14.4. The summed E-state index contributed by atoms with van der Waals surface area (Å²) in [6, 6.07) is 0. The van der Waals surface area contributed by atoms with Crippen molar-refractivity contribution in [2.75, 3.05) is 13.2 Å². The van der Waals surface area contributed by atoms with Crippen molar-refractivity contribution in [1.82, 2.24) is 0 Å². The molecule has 0 spiro atoms. The Morgan fingerprint density at radius 2 is 1.82 bits per heavy atom. The van der Waals surface area contributed by atoms with E-state index in [2.05, 4.69) is 13.8 Å². The van der Waals surface area contributed by atoms with Gasteiger partial charge >= 0.3 is 0 Å².